The SMILES string of the molecule is O=C(CCOc1ccc(F)cc1)N1CCC(Oc2ccccn2)CC1. The third kappa shape index (κ3) is 5.17. The molecule has 2 aromatic rings. The largest absolute Gasteiger partial charge is 0.493 e. The molecule has 3 rings (SSSR count). The Kier molecular flexibility index (Phi) is 5.82. The fourth-order valence-corrected chi connectivity index (χ4v) is 2.76. The molecule has 0 bridgehead atoms. The Morgan fingerprint density at radius 1 is 1.16 bits per heavy atom. The summed E-state index contributed by atoms with van der Waals surface area (Å²) >= 11 is 0. The Labute approximate surface area is 146 Å². The highest BCUT2D eigenvalue weighted by molar-refractivity contribution is 5.76. The van der Waals surface area contributed by atoms with Crippen molar-refractivity contribution in [3.63, 3.8) is 0 Å². The van der Waals surface area contributed by atoms with E-state index >= 15 is 0 Å². The number of rotatable bonds is 6. The molecule has 0 radical (unpaired) electrons. The molecular formula is C19H21FN2O3. The Morgan fingerprint density at radius 3 is 2.60 bits per heavy atom. The van der Waals surface area contributed by atoms with Gasteiger partial charge in [0.15, 0.2) is 0 Å². The number of likely N-dealkylation sites (tertiary alicyclic amines) is 1. The number of ether oxygens (including phenoxy) is 2. The molecule has 1 aliphatic heterocycles. The summed E-state index contributed by atoms with van der Waals surface area (Å²) in [6.45, 7) is 1.63. The zero-order chi connectivity index (χ0) is 17.5. The molecule has 5 nitrogen and oxygen atoms in total. The van der Waals surface area contributed by atoms with E-state index in [0.717, 1.165) is 12.8 Å². The van der Waals surface area contributed by atoms with E-state index in [0.29, 0.717) is 31.1 Å². The van der Waals surface area contributed by atoms with Crippen LogP contribution in [0.2, 0.25) is 0 Å². The van der Waals surface area contributed by atoms with Gasteiger partial charge in [0.2, 0.25) is 11.8 Å². The van der Waals surface area contributed by atoms with Gasteiger partial charge in [0.05, 0.1) is 13.0 Å². The van der Waals surface area contributed by atoms with Gasteiger partial charge in [-0.2, -0.15) is 0 Å². The zero-order valence-electron chi connectivity index (χ0n) is 13.9. The highest BCUT2D eigenvalue weighted by atomic mass is 19.1. The van der Waals surface area contributed by atoms with E-state index in [1.165, 1.54) is 12.1 Å². The fraction of sp³-hybridized carbons (Fsp3) is 0.368. The second-order valence-corrected chi connectivity index (χ2v) is 5.92. The van der Waals surface area contributed by atoms with E-state index < -0.39 is 0 Å². The Balaban J connectivity index is 1.37. The van der Waals surface area contributed by atoms with Gasteiger partial charge in [0, 0.05) is 38.2 Å². The van der Waals surface area contributed by atoms with Crippen molar-refractivity contribution < 1.29 is 18.7 Å². The number of pyridine rings is 1. The van der Waals surface area contributed by atoms with Crippen LogP contribution in [0.5, 0.6) is 11.6 Å². The van der Waals surface area contributed by atoms with Crippen LogP contribution in [0.1, 0.15) is 19.3 Å². The topological polar surface area (TPSA) is 51.7 Å². The lowest BCUT2D eigenvalue weighted by Crippen LogP contribution is -2.42. The number of benzene rings is 1. The minimum absolute atomic E-state index is 0.0680. The van der Waals surface area contributed by atoms with Gasteiger partial charge in [-0.15, -0.1) is 0 Å². The smallest absolute Gasteiger partial charge is 0.226 e. The third-order valence-corrected chi connectivity index (χ3v) is 4.12. The van der Waals surface area contributed by atoms with Crippen LogP contribution in [0.4, 0.5) is 4.39 Å². The average Bonchev–Trinajstić information content (AvgIpc) is 2.65. The Bertz CT molecular complexity index is 671. The first kappa shape index (κ1) is 17.2. The monoisotopic (exact) mass is 344 g/mol. The average molecular weight is 344 g/mol. The van der Waals surface area contributed by atoms with Gasteiger partial charge < -0.3 is 14.4 Å². The van der Waals surface area contributed by atoms with Crippen LogP contribution in [-0.4, -0.2) is 41.6 Å². The van der Waals surface area contributed by atoms with Crippen LogP contribution in [0, 0.1) is 5.82 Å². The molecule has 6 heteroatoms. The molecule has 1 saturated heterocycles. The summed E-state index contributed by atoms with van der Waals surface area (Å²) in [5, 5.41) is 0. The van der Waals surface area contributed by atoms with Crippen molar-refractivity contribution in [1.29, 1.82) is 0 Å². The second kappa shape index (κ2) is 8.46. The molecular weight excluding hydrogens is 323 g/mol. The van der Waals surface area contributed by atoms with Gasteiger partial charge in [-0.25, -0.2) is 9.37 Å². The Hall–Kier alpha value is -2.63. The summed E-state index contributed by atoms with van der Waals surface area (Å²) in [6, 6.07) is 11.4. The van der Waals surface area contributed by atoms with Gasteiger partial charge in [-0.1, -0.05) is 6.07 Å². The molecule has 0 aliphatic carbocycles. The summed E-state index contributed by atoms with van der Waals surface area (Å²) in [5.41, 5.74) is 0. The van der Waals surface area contributed by atoms with Crippen molar-refractivity contribution in [2.24, 2.45) is 0 Å². The number of carbonyl (C=O) groups is 1. The number of hydrogen-bond donors (Lipinski definition) is 0. The van der Waals surface area contributed by atoms with Crippen molar-refractivity contribution in [2.75, 3.05) is 19.7 Å². The van der Waals surface area contributed by atoms with Crippen LogP contribution in [-0.2, 0) is 4.79 Å². The quantitative estimate of drug-likeness (QED) is 0.808. The molecule has 1 aromatic carbocycles. The first-order valence-electron chi connectivity index (χ1n) is 8.44. The summed E-state index contributed by atoms with van der Waals surface area (Å²) in [6.07, 6.45) is 3.69. The van der Waals surface area contributed by atoms with E-state index in [1.54, 1.807) is 18.3 Å². The Morgan fingerprint density at radius 2 is 1.92 bits per heavy atom. The highest BCUT2D eigenvalue weighted by Gasteiger charge is 2.23. The number of nitrogens with zero attached hydrogens (tertiary/aromatic N) is 2. The minimum atomic E-state index is -0.306. The molecule has 1 fully saturated rings. The van der Waals surface area contributed by atoms with Crippen molar-refractivity contribution in [3.05, 3.63) is 54.5 Å². The maximum atomic E-state index is 12.8. The van der Waals surface area contributed by atoms with Crippen molar-refractivity contribution in [3.8, 4) is 11.6 Å². The summed E-state index contributed by atoms with van der Waals surface area (Å²) in [7, 11) is 0. The van der Waals surface area contributed by atoms with E-state index in [4.69, 9.17) is 9.47 Å². The standard InChI is InChI=1S/C19H21FN2O3/c20-15-4-6-16(7-5-15)24-14-10-19(23)22-12-8-17(9-13-22)25-18-3-1-2-11-21-18/h1-7,11,17H,8-10,12-14H2. The first-order valence-corrected chi connectivity index (χ1v) is 8.44. The van der Waals surface area contributed by atoms with Crippen molar-refractivity contribution >= 4 is 5.91 Å². The van der Waals surface area contributed by atoms with E-state index in [2.05, 4.69) is 4.98 Å². The van der Waals surface area contributed by atoms with Crippen LogP contribution >= 0.6 is 0 Å². The fourth-order valence-electron chi connectivity index (χ4n) is 2.76. The third-order valence-electron chi connectivity index (χ3n) is 4.12. The first-order chi connectivity index (χ1) is 12.2. The van der Waals surface area contributed by atoms with Gasteiger partial charge in [0.25, 0.3) is 0 Å². The lowest BCUT2D eigenvalue weighted by atomic mass is 10.1. The normalized spacial score (nSPS) is 15.0. The molecule has 1 aliphatic rings. The minimum Gasteiger partial charge on any atom is -0.493 e. The molecule has 0 saturated carbocycles. The molecule has 25 heavy (non-hydrogen) atoms. The predicted octanol–water partition coefficient (Wildman–Crippen LogP) is 3.06. The van der Waals surface area contributed by atoms with Crippen molar-refractivity contribution in [2.45, 2.75) is 25.4 Å². The van der Waals surface area contributed by atoms with E-state index in [1.807, 2.05) is 23.1 Å². The lowest BCUT2D eigenvalue weighted by molar-refractivity contribution is -0.133. The maximum Gasteiger partial charge on any atom is 0.226 e. The molecule has 0 atom stereocenters. The van der Waals surface area contributed by atoms with Crippen LogP contribution < -0.4 is 9.47 Å². The van der Waals surface area contributed by atoms with Gasteiger partial charge in [-0.05, 0) is 30.3 Å². The number of halogens is 1. The molecule has 1 amide bonds. The lowest BCUT2D eigenvalue weighted by Gasteiger charge is -2.32. The predicted molar refractivity (Wildman–Crippen MR) is 91.0 cm³/mol. The number of amides is 1. The van der Waals surface area contributed by atoms with Crippen LogP contribution in [0.25, 0.3) is 0 Å². The molecule has 2 heterocycles. The summed E-state index contributed by atoms with van der Waals surface area (Å²) in [5.74, 6) is 0.953. The summed E-state index contributed by atoms with van der Waals surface area (Å²) in [4.78, 5) is 18.2. The van der Waals surface area contributed by atoms with Crippen LogP contribution in [0.15, 0.2) is 48.7 Å². The van der Waals surface area contributed by atoms with E-state index in [-0.39, 0.29) is 24.4 Å². The number of hydrogen-bond acceptors (Lipinski definition) is 4. The molecule has 0 unspecified atom stereocenters. The number of carbonyl (C=O) groups excluding carboxylic acids is 1. The van der Waals surface area contributed by atoms with Gasteiger partial charge in [0.1, 0.15) is 17.7 Å². The van der Waals surface area contributed by atoms with E-state index in [9.17, 15) is 9.18 Å². The maximum absolute atomic E-state index is 12.8. The number of piperidine rings is 1. The highest BCUT2D eigenvalue weighted by Crippen LogP contribution is 2.18. The van der Waals surface area contributed by atoms with Crippen LogP contribution in [0.3, 0.4) is 0 Å². The van der Waals surface area contributed by atoms with Gasteiger partial charge in [-0.3, -0.25) is 4.79 Å². The molecule has 0 spiro atoms. The summed E-state index contributed by atoms with van der Waals surface area (Å²) < 4.78 is 24.1. The molecule has 0 N–H and O–H groups in total. The zero-order valence-corrected chi connectivity index (χ0v) is 13.9. The molecule has 132 valence electrons. The number of aromatic nitrogens is 1. The molecule has 1 aromatic heterocycles. The van der Waals surface area contributed by atoms with Crippen molar-refractivity contribution in [1.82, 2.24) is 9.88 Å². The van der Waals surface area contributed by atoms with Gasteiger partial charge >= 0.3 is 0 Å². The second-order valence-electron chi connectivity index (χ2n) is 5.92.